The van der Waals surface area contributed by atoms with Crippen LogP contribution in [-0.4, -0.2) is 56.2 Å². The molecule has 0 bridgehead atoms. The monoisotopic (exact) mass is 601 g/mol. The Morgan fingerprint density at radius 3 is 2.27 bits per heavy atom. The fourth-order valence-corrected chi connectivity index (χ4v) is 6.75. The van der Waals surface area contributed by atoms with Crippen molar-refractivity contribution >= 4 is 21.0 Å². The first kappa shape index (κ1) is 33.0. The molecule has 41 heavy (non-hydrogen) atoms. The molecule has 0 saturated heterocycles. The summed E-state index contributed by atoms with van der Waals surface area (Å²) in [6.45, 7) is 1.52. The number of nitrogens with zero attached hydrogens (tertiary/aromatic N) is 1. The number of aryl methyl sites for hydroxylation is 1. The molecule has 1 aliphatic carbocycles. The molecule has 0 amide bonds. The maximum Gasteiger partial charge on any atom is 0.390 e. The van der Waals surface area contributed by atoms with Gasteiger partial charge in [-0.3, -0.25) is 0 Å². The van der Waals surface area contributed by atoms with Gasteiger partial charge in [0, 0.05) is 0 Å². The maximum atomic E-state index is 14.1. The third-order valence-corrected chi connectivity index (χ3v) is 9.31. The van der Waals surface area contributed by atoms with Crippen LogP contribution in [0.4, 0.5) is 22.0 Å². The third-order valence-electron chi connectivity index (χ3n) is 7.58. The number of phenolic OH excluding ortho intramolecular Hbond substituents is 1. The van der Waals surface area contributed by atoms with E-state index in [1.165, 1.54) is 12.1 Å². The summed E-state index contributed by atoms with van der Waals surface area (Å²) in [7, 11) is -1.73. The summed E-state index contributed by atoms with van der Waals surface area (Å²) in [5, 5.41) is 10.0. The number of aromatic hydroxyl groups is 1. The number of alkyl halides is 3. The van der Waals surface area contributed by atoms with Crippen molar-refractivity contribution in [3.8, 4) is 5.75 Å². The number of hydrogen-bond acceptors (Lipinski definition) is 4. The number of sulfone groups is 1. The van der Waals surface area contributed by atoms with Crippen LogP contribution in [0.25, 0.3) is 11.1 Å². The van der Waals surface area contributed by atoms with Crippen LogP contribution in [0.2, 0.25) is 0 Å². The Morgan fingerprint density at radius 2 is 1.56 bits per heavy atom. The number of allylic oxidation sites excluding steroid dienone is 2. The van der Waals surface area contributed by atoms with E-state index in [1.54, 1.807) is 18.2 Å². The molecule has 0 fully saturated rings. The zero-order valence-electron chi connectivity index (χ0n) is 23.6. The zero-order chi connectivity index (χ0) is 30.0. The van der Waals surface area contributed by atoms with Crippen LogP contribution < -0.4 is 0 Å². The lowest BCUT2D eigenvalue weighted by Gasteiger charge is -2.18. The van der Waals surface area contributed by atoms with Crippen molar-refractivity contribution in [1.29, 1.82) is 0 Å². The first-order chi connectivity index (χ1) is 19.3. The lowest BCUT2D eigenvalue weighted by molar-refractivity contribution is -0.129. The van der Waals surface area contributed by atoms with Gasteiger partial charge in [-0.25, -0.2) is 17.2 Å². The van der Waals surface area contributed by atoms with Crippen molar-refractivity contribution in [2.45, 2.75) is 76.8 Å². The van der Waals surface area contributed by atoms with Crippen molar-refractivity contribution in [2.24, 2.45) is 0 Å². The van der Waals surface area contributed by atoms with Crippen molar-refractivity contribution in [3.63, 3.8) is 0 Å². The minimum absolute atomic E-state index is 0.214. The van der Waals surface area contributed by atoms with E-state index in [1.807, 2.05) is 13.1 Å². The quantitative estimate of drug-likeness (QED) is 0.166. The highest BCUT2D eigenvalue weighted by Crippen LogP contribution is 2.40. The SMILES string of the molecule is CN(CCCCCCC1=C(c2ccc(F)c(F)c2)CCCc2cc(O)ccc21)CCCCS(=O)(=O)CCC(F)(F)F. The van der Waals surface area contributed by atoms with Gasteiger partial charge in [0.05, 0.1) is 17.9 Å². The summed E-state index contributed by atoms with van der Waals surface area (Å²) in [6.07, 6.45) is 2.22. The first-order valence-corrected chi connectivity index (χ1v) is 16.1. The number of hydrogen-bond donors (Lipinski definition) is 1. The van der Waals surface area contributed by atoms with Gasteiger partial charge in [-0.1, -0.05) is 25.0 Å². The molecule has 0 aromatic heterocycles. The summed E-state index contributed by atoms with van der Waals surface area (Å²) < 4.78 is 88.1. The summed E-state index contributed by atoms with van der Waals surface area (Å²) in [4.78, 5) is 2.11. The van der Waals surface area contributed by atoms with Gasteiger partial charge in [-0.15, -0.1) is 0 Å². The normalized spacial score (nSPS) is 14.4. The first-order valence-electron chi connectivity index (χ1n) is 14.3. The van der Waals surface area contributed by atoms with Crippen LogP contribution in [0, 0.1) is 11.6 Å². The summed E-state index contributed by atoms with van der Waals surface area (Å²) in [5.41, 5.74) is 4.95. The van der Waals surface area contributed by atoms with Crippen LogP contribution in [0.15, 0.2) is 36.4 Å². The molecule has 4 nitrogen and oxygen atoms in total. The van der Waals surface area contributed by atoms with Crippen LogP contribution in [0.3, 0.4) is 0 Å². The molecule has 1 aliphatic rings. The number of benzene rings is 2. The molecule has 0 heterocycles. The van der Waals surface area contributed by atoms with Gasteiger partial charge >= 0.3 is 6.18 Å². The standard InChI is InChI=1S/C31H40F5NO3S/c1-37(18-6-7-19-41(39,40)20-16-31(34,35)36)17-5-3-2-4-10-28-26(24-12-15-29(32)30(33)22-24)11-8-9-23-21-25(38)13-14-27(23)28/h12-15,21-22,38H,2-11,16-20H2,1H3. The van der Waals surface area contributed by atoms with E-state index in [0.717, 1.165) is 80.2 Å². The summed E-state index contributed by atoms with van der Waals surface area (Å²) in [5.74, 6) is -2.59. The minimum Gasteiger partial charge on any atom is -0.508 e. The van der Waals surface area contributed by atoms with Crippen molar-refractivity contribution in [2.75, 3.05) is 31.6 Å². The highest BCUT2D eigenvalue weighted by molar-refractivity contribution is 7.91. The van der Waals surface area contributed by atoms with E-state index in [-0.39, 0.29) is 11.5 Å². The molecule has 0 saturated carbocycles. The van der Waals surface area contributed by atoms with E-state index < -0.39 is 39.8 Å². The van der Waals surface area contributed by atoms with E-state index in [4.69, 9.17) is 0 Å². The lowest BCUT2D eigenvalue weighted by Crippen LogP contribution is -2.22. The molecule has 228 valence electrons. The van der Waals surface area contributed by atoms with Gasteiger partial charge in [0.15, 0.2) is 21.5 Å². The fraction of sp³-hybridized carbons (Fsp3) is 0.548. The van der Waals surface area contributed by atoms with Gasteiger partial charge in [-0.05, 0) is 124 Å². The van der Waals surface area contributed by atoms with Gasteiger partial charge in [-0.2, -0.15) is 13.2 Å². The predicted octanol–water partition coefficient (Wildman–Crippen LogP) is 7.95. The topological polar surface area (TPSA) is 57.6 Å². The highest BCUT2D eigenvalue weighted by Gasteiger charge is 2.29. The Morgan fingerprint density at radius 1 is 0.854 bits per heavy atom. The van der Waals surface area contributed by atoms with Gasteiger partial charge in [0.2, 0.25) is 0 Å². The van der Waals surface area contributed by atoms with Crippen LogP contribution in [0.5, 0.6) is 5.75 Å². The van der Waals surface area contributed by atoms with Crippen LogP contribution in [-0.2, 0) is 16.3 Å². The smallest absolute Gasteiger partial charge is 0.390 e. The molecule has 10 heteroatoms. The molecule has 0 atom stereocenters. The molecule has 0 aliphatic heterocycles. The Hall–Kier alpha value is -2.46. The molecule has 1 N–H and O–H groups in total. The Bertz CT molecular complexity index is 1290. The number of fused-ring (bicyclic) bond motifs is 1. The Kier molecular flexibility index (Phi) is 12.2. The minimum atomic E-state index is -4.46. The molecule has 2 aromatic carbocycles. The number of rotatable bonds is 15. The van der Waals surface area contributed by atoms with E-state index in [0.29, 0.717) is 24.9 Å². The predicted molar refractivity (Wildman–Crippen MR) is 153 cm³/mol. The summed E-state index contributed by atoms with van der Waals surface area (Å²) in [6, 6.07) is 9.44. The molecule has 3 rings (SSSR count). The van der Waals surface area contributed by atoms with Crippen LogP contribution >= 0.6 is 0 Å². The molecule has 2 aromatic rings. The number of halogens is 5. The van der Waals surface area contributed by atoms with Crippen molar-refractivity contribution in [3.05, 3.63) is 64.7 Å². The molecular formula is C31H40F5NO3S. The number of unbranched alkanes of at least 4 members (excludes halogenated alkanes) is 4. The molecule has 0 unspecified atom stereocenters. The largest absolute Gasteiger partial charge is 0.508 e. The average molecular weight is 602 g/mol. The number of phenols is 1. The average Bonchev–Trinajstić information content (AvgIpc) is 3.07. The second kappa shape index (κ2) is 15.1. The van der Waals surface area contributed by atoms with E-state index in [2.05, 4.69) is 4.90 Å². The maximum absolute atomic E-state index is 14.1. The van der Waals surface area contributed by atoms with Crippen molar-refractivity contribution in [1.82, 2.24) is 4.90 Å². The summed E-state index contributed by atoms with van der Waals surface area (Å²) >= 11 is 0. The highest BCUT2D eigenvalue weighted by atomic mass is 32.2. The zero-order valence-corrected chi connectivity index (χ0v) is 24.4. The van der Waals surface area contributed by atoms with Gasteiger partial charge in [0.1, 0.15) is 5.75 Å². The van der Waals surface area contributed by atoms with Gasteiger partial charge in [0.25, 0.3) is 0 Å². The van der Waals surface area contributed by atoms with Crippen LogP contribution in [0.1, 0.15) is 80.9 Å². The Labute approximate surface area is 240 Å². The Balaban J connectivity index is 1.47. The third kappa shape index (κ3) is 11.0. The molecule has 0 spiro atoms. The lowest BCUT2D eigenvalue weighted by atomic mass is 9.89. The molecule has 0 radical (unpaired) electrons. The van der Waals surface area contributed by atoms with Crippen molar-refractivity contribution < 1.29 is 35.5 Å². The second-order valence-corrected chi connectivity index (χ2v) is 13.3. The molecular weight excluding hydrogens is 561 g/mol. The van der Waals surface area contributed by atoms with E-state index >= 15 is 0 Å². The second-order valence-electron chi connectivity index (χ2n) is 11.0. The fourth-order valence-electron chi connectivity index (χ4n) is 5.36. The van der Waals surface area contributed by atoms with E-state index in [9.17, 15) is 35.5 Å². The van der Waals surface area contributed by atoms with Gasteiger partial charge < -0.3 is 10.0 Å².